The Morgan fingerprint density at radius 1 is 1.20 bits per heavy atom. The molecule has 0 radical (unpaired) electrons. The van der Waals surface area contributed by atoms with E-state index in [0.29, 0.717) is 0 Å². The van der Waals surface area contributed by atoms with Crippen molar-refractivity contribution in [1.29, 1.82) is 0 Å². The Balaban J connectivity index is 1.68. The van der Waals surface area contributed by atoms with Crippen LogP contribution in [0.3, 0.4) is 0 Å². The Morgan fingerprint density at radius 2 is 2.00 bits per heavy atom. The van der Waals surface area contributed by atoms with Crippen molar-refractivity contribution < 1.29 is 0 Å². The maximum atomic E-state index is 2.82. The second-order valence-electron chi connectivity index (χ2n) is 4.74. The molecule has 80 valence electrons. The van der Waals surface area contributed by atoms with Crippen LogP contribution < -0.4 is 5.30 Å². The second-order valence-corrected chi connectivity index (χ2v) is 6.50. The third-order valence-electron chi connectivity index (χ3n) is 3.51. The van der Waals surface area contributed by atoms with E-state index in [0.717, 1.165) is 5.41 Å². The van der Waals surface area contributed by atoms with Crippen molar-refractivity contribution in [2.75, 3.05) is 13.1 Å². The monoisotopic (exact) mass is 237 g/mol. The van der Waals surface area contributed by atoms with Crippen LogP contribution in [0.25, 0.3) is 0 Å². The smallest absolute Gasteiger partial charge is 0.0301 e. The van der Waals surface area contributed by atoms with Gasteiger partial charge in [0.15, 0.2) is 0 Å². The zero-order chi connectivity index (χ0) is 10.3. The molecule has 1 aromatic rings. The van der Waals surface area contributed by atoms with E-state index in [2.05, 4.69) is 37.8 Å². The van der Waals surface area contributed by atoms with Crippen molar-refractivity contribution in [2.24, 2.45) is 5.41 Å². The lowest BCUT2D eigenvalue weighted by molar-refractivity contribution is 0.511. The van der Waals surface area contributed by atoms with E-state index in [1.165, 1.54) is 42.6 Å². The first-order valence-corrected chi connectivity index (χ1v) is 6.90. The normalized spacial score (nSPS) is 23.5. The number of hydrogen-bond donors (Lipinski definition) is 0. The molecule has 0 N–H and O–H groups in total. The first kappa shape index (κ1) is 10.1. The molecule has 3 heteroatoms. The lowest BCUT2D eigenvalue weighted by atomic mass is 10.1. The van der Waals surface area contributed by atoms with Crippen LogP contribution in [0.4, 0.5) is 0 Å². The molecule has 0 bridgehead atoms. The zero-order valence-corrected chi connectivity index (χ0v) is 10.7. The summed E-state index contributed by atoms with van der Waals surface area (Å²) in [4.78, 5) is 1.39. The molecule has 1 heterocycles. The van der Waals surface area contributed by atoms with Gasteiger partial charge >= 0.3 is 0 Å². The highest BCUT2D eigenvalue weighted by Crippen LogP contribution is 2.54. The van der Waals surface area contributed by atoms with Crippen LogP contribution in [0.5, 0.6) is 0 Å². The minimum atomic E-state index is 0.739. The van der Waals surface area contributed by atoms with Crippen molar-refractivity contribution in [3.05, 3.63) is 24.3 Å². The average molecular weight is 237 g/mol. The minimum absolute atomic E-state index is 0.739. The fraction of sp³-hybridized carbons (Fsp3) is 0.500. The third kappa shape index (κ3) is 2.08. The maximum Gasteiger partial charge on any atom is 0.0301 e. The van der Waals surface area contributed by atoms with Crippen molar-refractivity contribution in [2.45, 2.75) is 24.2 Å². The summed E-state index contributed by atoms with van der Waals surface area (Å²) in [6, 6.07) is 8.60. The first-order valence-electron chi connectivity index (χ1n) is 5.55. The Hall–Kier alpha value is -0.0400. The molecule has 1 spiro atoms. The molecule has 2 aliphatic rings. The quantitative estimate of drug-likeness (QED) is 0.574. The predicted octanol–water partition coefficient (Wildman–Crippen LogP) is 2.68. The van der Waals surface area contributed by atoms with E-state index in [1.807, 2.05) is 11.9 Å². The highest BCUT2D eigenvalue weighted by molar-refractivity contribution is 7.97. The topological polar surface area (TPSA) is 3.24 Å². The second kappa shape index (κ2) is 3.76. The van der Waals surface area contributed by atoms with Crippen LogP contribution in [0.15, 0.2) is 29.2 Å². The van der Waals surface area contributed by atoms with Gasteiger partial charge < -0.3 is 0 Å². The van der Waals surface area contributed by atoms with Gasteiger partial charge in [-0.05, 0) is 48.0 Å². The molecular weight excluding hydrogens is 221 g/mol. The summed E-state index contributed by atoms with van der Waals surface area (Å²) < 4.78 is 2.54. The van der Waals surface area contributed by atoms with Crippen LogP contribution in [0.1, 0.15) is 19.3 Å². The van der Waals surface area contributed by atoms with E-state index >= 15 is 0 Å². The Morgan fingerprint density at radius 3 is 2.67 bits per heavy atom. The summed E-state index contributed by atoms with van der Waals surface area (Å²) in [5.41, 5.74) is 0.739. The number of nitrogens with zero attached hydrogens (tertiary/aromatic N) is 1. The van der Waals surface area contributed by atoms with Crippen LogP contribution in [0.2, 0.25) is 0 Å². The summed E-state index contributed by atoms with van der Waals surface area (Å²) in [5.74, 6) is 0. The molecule has 1 nitrogen and oxygen atoms in total. The first-order chi connectivity index (χ1) is 7.27. The highest BCUT2D eigenvalue weighted by atomic mass is 32.2. The Labute approximate surface area is 98.0 Å². The molecular formula is C12H16NPS. The van der Waals surface area contributed by atoms with Crippen molar-refractivity contribution in [1.82, 2.24) is 4.31 Å². The molecule has 1 saturated heterocycles. The van der Waals surface area contributed by atoms with E-state index in [1.54, 1.807) is 0 Å². The van der Waals surface area contributed by atoms with Crippen LogP contribution >= 0.6 is 21.2 Å². The van der Waals surface area contributed by atoms with E-state index in [-0.39, 0.29) is 0 Å². The molecule has 1 atom stereocenters. The summed E-state index contributed by atoms with van der Waals surface area (Å²) in [7, 11) is 2.82. The largest absolute Gasteiger partial charge is 0.246 e. The standard InChI is InChI=1S/C12H16NPS/c14-10-3-1-2-4-11(10)15-13-8-7-12(9-13)5-6-12/h1-4H,5-9,14H2. The number of hydrogen-bond acceptors (Lipinski definition) is 2. The SMILES string of the molecule is Pc1ccccc1SN1CCC2(CC2)C1. The van der Waals surface area contributed by atoms with E-state index < -0.39 is 0 Å². The van der Waals surface area contributed by atoms with Gasteiger partial charge in [0.1, 0.15) is 0 Å². The van der Waals surface area contributed by atoms with Crippen LogP contribution in [-0.4, -0.2) is 17.4 Å². The number of rotatable bonds is 2. The van der Waals surface area contributed by atoms with Crippen molar-refractivity contribution in [3.63, 3.8) is 0 Å². The molecule has 1 unspecified atom stereocenters. The molecule has 1 aromatic carbocycles. The van der Waals surface area contributed by atoms with Crippen LogP contribution in [0, 0.1) is 5.41 Å². The van der Waals surface area contributed by atoms with Gasteiger partial charge in [-0.2, -0.15) is 0 Å². The Kier molecular flexibility index (Phi) is 2.54. The van der Waals surface area contributed by atoms with Gasteiger partial charge in [0, 0.05) is 18.0 Å². The van der Waals surface area contributed by atoms with E-state index in [4.69, 9.17) is 0 Å². The van der Waals surface area contributed by atoms with Gasteiger partial charge in [-0.1, -0.05) is 18.2 Å². The predicted molar refractivity (Wildman–Crippen MR) is 69.5 cm³/mol. The fourth-order valence-electron chi connectivity index (χ4n) is 2.26. The molecule has 1 saturated carbocycles. The molecule has 3 rings (SSSR count). The van der Waals surface area contributed by atoms with Crippen molar-refractivity contribution >= 4 is 26.5 Å². The van der Waals surface area contributed by atoms with Crippen molar-refractivity contribution in [3.8, 4) is 0 Å². The lowest BCUT2D eigenvalue weighted by Crippen LogP contribution is -2.13. The summed E-state index contributed by atoms with van der Waals surface area (Å²) >= 11 is 1.93. The van der Waals surface area contributed by atoms with Gasteiger partial charge in [0.05, 0.1) is 0 Å². The molecule has 15 heavy (non-hydrogen) atoms. The van der Waals surface area contributed by atoms with Crippen LogP contribution in [-0.2, 0) is 0 Å². The molecule has 0 amide bonds. The Bertz CT molecular complexity index is 376. The summed E-state index contributed by atoms with van der Waals surface area (Å²) in [5, 5.41) is 1.32. The average Bonchev–Trinajstić information content (AvgIpc) is 2.85. The molecule has 1 aliphatic heterocycles. The third-order valence-corrected chi connectivity index (χ3v) is 5.36. The van der Waals surface area contributed by atoms with Gasteiger partial charge in [-0.3, -0.25) is 0 Å². The summed E-state index contributed by atoms with van der Waals surface area (Å²) in [6.07, 6.45) is 4.35. The lowest BCUT2D eigenvalue weighted by Gasteiger charge is -2.15. The van der Waals surface area contributed by atoms with Gasteiger partial charge in [0.2, 0.25) is 0 Å². The van der Waals surface area contributed by atoms with Gasteiger partial charge in [-0.15, -0.1) is 9.24 Å². The zero-order valence-electron chi connectivity index (χ0n) is 8.78. The van der Waals surface area contributed by atoms with Gasteiger partial charge in [-0.25, -0.2) is 4.31 Å². The number of benzene rings is 1. The summed E-state index contributed by atoms with van der Waals surface area (Å²) in [6.45, 7) is 2.57. The highest BCUT2D eigenvalue weighted by Gasteiger charge is 2.47. The maximum absolute atomic E-state index is 2.82. The fourth-order valence-corrected chi connectivity index (χ4v) is 3.74. The minimum Gasteiger partial charge on any atom is -0.246 e. The molecule has 2 fully saturated rings. The van der Waals surface area contributed by atoms with Gasteiger partial charge in [0.25, 0.3) is 0 Å². The van der Waals surface area contributed by atoms with E-state index in [9.17, 15) is 0 Å². The molecule has 1 aliphatic carbocycles. The molecule has 0 aromatic heterocycles.